The molecule has 0 aliphatic heterocycles. The summed E-state index contributed by atoms with van der Waals surface area (Å²) in [5.74, 6) is 0.134. The highest BCUT2D eigenvalue weighted by Crippen LogP contribution is 2.07. The van der Waals surface area contributed by atoms with Gasteiger partial charge in [0.2, 0.25) is 0 Å². The maximum atomic E-state index is 7.34. The number of nitrogens with one attached hydrogen (secondary N) is 1. The molecular formula is C8H9N. The molecule has 0 aromatic rings. The van der Waals surface area contributed by atoms with Crippen LogP contribution in [0, 0.1) is 11.3 Å². The Morgan fingerprint density at radius 3 is 2.78 bits per heavy atom. The summed E-state index contributed by atoms with van der Waals surface area (Å²) >= 11 is 0. The SMILES string of the molecule is C=CC1C=CC=CC1=N. The van der Waals surface area contributed by atoms with Crippen LogP contribution in [0.3, 0.4) is 0 Å². The minimum atomic E-state index is 0.134. The Kier molecular flexibility index (Phi) is 1.63. The van der Waals surface area contributed by atoms with Gasteiger partial charge < -0.3 is 5.41 Å². The predicted molar refractivity (Wildman–Crippen MR) is 39.7 cm³/mol. The second kappa shape index (κ2) is 2.44. The number of allylic oxidation sites excluding steroid dienone is 5. The molecule has 0 aromatic heterocycles. The highest BCUT2D eigenvalue weighted by molar-refractivity contribution is 5.97. The molecule has 0 bridgehead atoms. The van der Waals surface area contributed by atoms with E-state index in [4.69, 9.17) is 5.41 Å². The maximum Gasteiger partial charge on any atom is 0.0420 e. The summed E-state index contributed by atoms with van der Waals surface area (Å²) in [4.78, 5) is 0. The first-order valence-corrected chi connectivity index (χ1v) is 2.90. The van der Waals surface area contributed by atoms with Crippen LogP contribution in [-0.2, 0) is 0 Å². The molecule has 0 heterocycles. The summed E-state index contributed by atoms with van der Waals surface area (Å²) in [6, 6.07) is 0. The van der Waals surface area contributed by atoms with Crippen molar-refractivity contribution in [3.8, 4) is 0 Å². The lowest BCUT2D eigenvalue weighted by atomic mass is 9.99. The van der Waals surface area contributed by atoms with Crippen molar-refractivity contribution in [2.45, 2.75) is 0 Å². The Morgan fingerprint density at radius 2 is 2.33 bits per heavy atom. The molecule has 1 unspecified atom stereocenters. The number of hydrogen-bond acceptors (Lipinski definition) is 1. The van der Waals surface area contributed by atoms with Gasteiger partial charge in [-0.25, -0.2) is 0 Å². The number of hydrogen-bond donors (Lipinski definition) is 1. The zero-order valence-electron chi connectivity index (χ0n) is 5.17. The Morgan fingerprint density at radius 1 is 1.56 bits per heavy atom. The van der Waals surface area contributed by atoms with Gasteiger partial charge in [0.1, 0.15) is 0 Å². The van der Waals surface area contributed by atoms with E-state index in [0.29, 0.717) is 5.71 Å². The van der Waals surface area contributed by atoms with Crippen molar-refractivity contribution in [3.63, 3.8) is 0 Å². The van der Waals surface area contributed by atoms with Gasteiger partial charge in [-0.1, -0.05) is 24.3 Å². The molecule has 1 aliphatic rings. The summed E-state index contributed by atoms with van der Waals surface area (Å²) in [6.07, 6.45) is 9.30. The van der Waals surface area contributed by atoms with Crippen LogP contribution in [0.5, 0.6) is 0 Å². The van der Waals surface area contributed by atoms with E-state index in [2.05, 4.69) is 6.58 Å². The molecule has 0 spiro atoms. The second-order valence-electron chi connectivity index (χ2n) is 1.96. The van der Waals surface area contributed by atoms with E-state index in [1.54, 1.807) is 12.2 Å². The molecule has 9 heavy (non-hydrogen) atoms. The van der Waals surface area contributed by atoms with Crippen molar-refractivity contribution in [1.29, 1.82) is 5.41 Å². The van der Waals surface area contributed by atoms with Crippen LogP contribution in [0.2, 0.25) is 0 Å². The minimum Gasteiger partial charge on any atom is -0.304 e. The van der Waals surface area contributed by atoms with Gasteiger partial charge in [0.05, 0.1) is 0 Å². The van der Waals surface area contributed by atoms with Crippen LogP contribution in [0.25, 0.3) is 0 Å². The third-order valence-electron chi connectivity index (χ3n) is 1.32. The zero-order chi connectivity index (χ0) is 6.69. The van der Waals surface area contributed by atoms with E-state index in [1.165, 1.54) is 0 Å². The fourth-order valence-corrected chi connectivity index (χ4v) is 0.763. The largest absolute Gasteiger partial charge is 0.304 e. The molecule has 1 atom stereocenters. The highest BCUT2D eigenvalue weighted by Gasteiger charge is 2.04. The van der Waals surface area contributed by atoms with Gasteiger partial charge in [0, 0.05) is 11.6 Å². The lowest BCUT2D eigenvalue weighted by Gasteiger charge is -2.06. The molecular weight excluding hydrogens is 110 g/mol. The van der Waals surface area contributed by atoms with E-state index in [-0.39, 0.29) is 5.92 Å². The molecule has 0 radical (unpaired) electrons. The first-order chi connectivity index (χ1) is 4.34. The molecule has 0 aromatic carbocycles. The van der Waals surface area contributed by atoms with Crippen molar-refractivity contribution < 1.29 is 0 Å². The third kappa shape index (κ3) is 1.17. The van der Waals surface area contributed by atoms with Crippen molar-refractivity contribution in [2.24, 2.45) is 5.92 Å². The van der Waals surface area contributed by atoms with Gasteiger partial charge in [0.25, 0.3) is 0 Å². The van der Waals surface area contributed by atoms with E-state index >= 15 is 0 Å². The Bertz CT molecular complexity index is 187. The summed E-state index contributed by atoms with van der Waals surface area (Å²) in [7, 11) is 0. The van der Waals surface area contributed by atoms with Crippen LogP contribution >= 0.6 is 0 Å². The quantitative estimate of drug-likeness (QED) is 0.510. The van der Waals surface area contributed by atoms with Gasteiger partial charge in [-0.3, -0.25) is 0 Å². The van der Waals surface area contributed by atoms with Gasteiger partial charge >= 0.3 is 0 Å². The van der Waals surface area contributed by atoms with Crippen molar-refractivity contribution >= 4 is 5.71 Å². The molecule has 0 saturated carbocycles. The first-order valence-electron chi connectivity index (χ1n) is 2.90. The van der Waals surface area contributed by atoms with E-state index in [9.17, 15) is 0 Å². The normalized spacial score (nSPS) is 24.4. The molecule has 1 rings (SSSR count). The monoisotopic (exact) mass is 119 g/mol. The highest BCUT2D eigenvalue weighted by atomic mass is 14.4. The Labute approximate surface area is 54.9 Å². The van der Waals surface area contributed by atoms with Gasteiger partial charge in [-0.15, -0.1) is 6.58 Å². The van der Waals surface area contributed by atoms with Crippen LogP contribution < -0.4 is 0 Å². The molecule has 1 nitrogen and oxygen atoms in total. The summed E-state index contributed by atoms with van der Waals surface area (Å²) in [5.41, 5.74) is 0.618. The fourth-order valence-electron chi connectivity index (χ4n) is 0.763. The minimum absolute atomic E-state index is 0.134. The van der Waals surface area contributed by atoms with Crippen LogP contribution in [-0.4, -0.2) is 5.71 Å². The van der Waals surface area contributed by atoms with Crippen molar-refractivity contribution in [1.82, 2.24) is 0 Å². The van der Waals surface area contributed by atoms with E-state index in [1.807, 2.05) is 18.2 Å². The predicted octanol–water partition coefficient (Wildman–Crippen LogP) is 1.93. The third-order valence-corrected chi connectivity index (χ3v) is 1.32. The summed E-state index contributed by atoms with van der Waals surface area (Å²) in [5, 5.41) is 7.34. The molecule has 46 valence electrons. The van der Waals surface area contributed by atoms with Gasteiger partial charge in [-0.2, -0.15) is 0 Å². The van der Waals surface area contributed by atoms with Crippen molar-refractivity contribution in [2.75, 3.05) is 0 Å². The average molecular weight is 119 g/mol. The Hall–Kier alpha value is -1.11. The van der Waals surface area contributed by atoms with Gasteiger partial charge in [-0.05, 0) is 6.08 Å². The Balaban J connectivity index is 2.77. The molecule has 1 heteroatoms. The molecule has 1 aliphatic carbocycles. The second-order valence-corrected chi connectivity index (χ2v) is 1.96. The fraction of sp³-hybridized carbons (Fsp3) is 0.125. The van der Waals surface area contributed by atoms with Crippen molar-refractivity contribution in [3.05, 3.63) is 37.0 Å². The lowest BCUT2D eigenvalue weighted by Crippen LogP contribution is -2.06. The zero-order valence-corrected chi connectivity index (χ0v) is 5.17. The first kappa shape index (κ1) is 6.02. The van der Waals surface area contributed by atoms with Crippen LogP contribution in [0.1, 0.15) is 0 Å². The lowest BCUT2D eigenvalue weighted by molar-refractivity contribution is 1.12. The van der Waals surface area contributed by atoms with Crippen LogP contribution in [0.15, 0.2) is 37.0 Å². The van der Waals surface area contributed by atoms with E-state index < -0.39 is 0 Å². The average Bonchev–Trinajstić information content (AvgIpc) is 1.89. The number of rotatable bonds is 1. The maximum absolute atomic E-state index is 7.34. The smallest absolute Gasteiger partial charge is 0.0420 e. The van der Waals surface area contributed by atoms with Gasteiger partial charge in [0.15, 0.2) is 0 Å². The van der Waals surface area contributed by atoms with Crippen LogP contribution in [0.4, 0.5) is 0 Å². The topological polar surface area (TPSA) is 23.9 Å². The summed E-state index contributed by atoms with van der Waals surface area (Å²) < 4.78 is 0. The standard InChI is InChI=1S/C8H9N/c1-2-7-5-3-4-6-8(7)9/h2-7,9H,1H2. The molecule has 0 saturated heterocycles. The molecule has 0 fully saturated rings. The van der Waals surface area contributed by atoms with E-state index in [0.717, 1.165) is 0 Å². The molecule has 0 amide bonds. The molecule has 1 N–H and O–H groups in total. The summed E-state index contributed by atoms with van der Waals surface area (Å²) in [6.45, 7) is 3.61.